The highest BCUT2D eigenvalue weighted by Crippen LogP contribution is 2.38. The van der Waals surface area contributed by atoms with Crippen molar-refractivity contribution in [2.24, 2.45) is 0 Å². The van der Waals surface area contributed by atoms with Crippen LogP contribution in [0.5, 0.6) is 0 Å². The van der Waals surface area contributed by atoms with Crippen LogP contribution in [0, 0.1) is 21.4 Å². The van der Waals surface area contributed by atoms with Crippen LogP contribution in [0.4, 0.5) is 5.69 Å². The Bertz CT molecular complexity index is 2000. The Kier molecular flexibility index (Phi) is 25.9. The van der Waals surface area contributed by atoms with Gasteiger partial charge < -0.3 is 82.1 Å². The number of halogens is 6. The largest absolute Gasteiger partial charge is 0.394 e. The van der Waals surface area contributed by atoms with E-state index in [1.807, 2.05) is 45.2 Å². The van der Waals surface area contributed by atoms with Crippen molar-refractivity contribution in [3.63, 3.8) is 0 Å². The zero-order valence-electron chi connectivity index (χ0n) is 32.7. The Morgan fingerprint density at radius 2 is 1.05 bits per heavy atom. The summed E-state index contributed by atoms with van der Waals surface area (Å²) in [6.07, 6.45) is -10.3. The number of carbonyl (C=O) groups is 6. The molecule has 2 aromatic rings. The van der Waals surface area contributed by atoms with Gasteiger partial charge in [0, 0.05) is 41.0 Å². The van der Waals surface area contributed by atoms with Crippen LogP contribution in [0.1, 0.15) is 47.9 Å². The number of hydrogen-bond donors (Lipinski definition) is 14. The molecule has 0 aliphatic heterocycles. The molecular formula is C35H44I6N6O16. The Hall–Kier alpha value is -0.760. The van der Waals surface area contributed by atoms with Crippen molar-refractivity contribution in [1.29, 1.82) is 0 Å². The maximum atomic E-state index is 13.9. The molecule has 352 valence electrons. The van der Waals surface area contributed by atoms with E-state index in [4.69, 9.17) is 5.11 Å². The number of anilines is 1. The molecule has 2 aromatic carbocycles. The standard InChI is InChI=1S/C35H44I6N6O16/c1-46(35(63)29(57)18(55)11-51)27-25(40)21(24(39)22(26(27)41)32(60)44-6-13(52)8-48)31(59)43-4-2-3-42-30(58)19-15(36)5-16(37)20(23(19)38)34(62)47(7-14(53)9-49)12-45-33(61)28(56)17(54)10-50/h5,13-14,17-18,28-29,48-57H,2-4,6-12H2,1H3,(H,42,58)(H,43,59)(H,44,60)(H,45,61). The molecule has 0 bridgehead atoms. The molecule has 6 amide bonds. The predicted molar refractivity (Wildman–Crippen MR) is 273 cm³/mol. The molecule has 0 aromatic heterocycles. The molecule has 0 heterocycles. The van der Waals surface area contributed by atoms with Gasteiger partial charge in [0.2, 0.25) is 0 Å². The summed E-state index contributed by atoms with van der Waals surface area (Å²) < 4.78 is 1.49. The average molecular weight is 1570 g/mol. The van der Waals surface area contributed by atoms with Gasteiger partial charge in [-0.3, -0.25) is 28.8 Å². The molecule has 0 saturated heterocycles. The van der Waals surface area contributed by atoms with Crippen LogP contribution >= 0.6 is 136 Å². The highest BCUT2D eigenvalue weighted by molar-refractivity contribution is 14.1. The highest BCUT2D eigenvalue weighted by Gasteiger charge is 2.35. The maximum absolute atomic E-state index is 13.9. The zero-order valence-corrected chi connectivity index (χ0v) is 45.6. The lowest BCUT2D eigenvalue weighted by Crippen LogP contribution is -2.50. The topological polar surface area (TPSA) is 359 Å². The van der Waals surface area contributed by atoms with Crippen LogP contribution < -0.4 is 26.2 Å². The second-order valence-electron chi connectivity index (χ2n) is 13.2. The molecule has 2 rings (SSSR count). The first-order valence-electron chi connectivity index (χ1n) is 18.1. The number of hydrogen-bond acceptors (Lipinski definition) is 16. The van der Waals surface area contributed by atoms with Crippen molar-refractivity contribution in [3.05, 3.63) is 49.7 Å². The Labute approximate surface area is 441 Å². The first kappa shape index (κ1) is 58.4. The molecular weight excluding hydrogens is 1520 g/mol. The van der Waals surface area contributed by atoms with E-state index in [0.717, 1.165) is 9.80 Å². The van der Waals surface area contributed by atoms with Gasteiger partial charge >= 0.3 is 0 Å². The third-order valence-electron chi connectivity index (χ3n) is 8.66. The lowest BCUT2D eigenvalue weighted by atomic mass is 10.1. The minimum absolute atomic E-state index is 0.00131. The number of aliphatic hydroxyl groups excluding tert-OH is 10. The normalized spacial score (nSPS) is 14.1. The summed E-state index contributed by atoms with van der Waals surface area (Å²) in [5.74, 6) is -5.06. The molecule has 0 fully saturated rings. The molecule has 63 heavy (non-hydrogen) atoms. The Morgan fingerprint density at radius 1 is 0.587 bits per heavy atom. The van der Waals surface area contributed by atoms with Crippen LogP contribution in [0.2, 0.25) is 0 Å². The number of aliphatic hydroxyl groups is 10. The van der Waals surface area contributed by atoms with Gasteiger partial charge in [0.15, 0.2) is 12.2 Å². The van der Waals surface area contributed by atoms with Gasteiger partial charge in [-0.1, -0.05) is 0 Å². The van der Waals surface area contributed by atoms with E-state index in [1.165, 1.54) is 7.05 Å². The lowest BCUT2D eigenvalue weighted by molar-refractivity contribution is -0.137. The summed E-state index contributed by atoms with van der Waals surface area (Å²) in [6, 6.07) is 1.55. The molecule has 0 radical (unpaired) electrons. The Morgan fingerprint density at radius 3 is 1.56 bits per heavy atom. The quantitative estimate of drug-likeness (QED) is 0.0304. The van der Waals surface area contributed by atoms with Crippen LogP contribution in [0.25, 0.3) is 0 Å². The number of carbonyl (C=O) groups excluding carboxylic acids is 6. The number of amides is 6. The number of benzene rings is 2. The smallest absolute Gasteiger partial charge is 0.258 e. The summed E-state index contributed by atoms with van der Waals surface area (Å²) in [6.45, 7) is -4.75. The lowest BCUT2D eigenvalue weighted by Gasteiger charge is -2.27. The summed E-state index contributed by atoms with van der Waals surface area (Å²) in [4.78, 5) is 82.1. The number of nitrogens with one attached hydrogen (secondary N) is 4. The number of rotatable bonds is 23. The van der Waals surface area contributed by atoms with E-state index in [9.17, 15) is 74.7 Å². The fraction of sp³-hybridized carbons (Fsp3) is 0.486. The molecule has 0 saturated carbocycles. The van der Waals surface area contributed by atoms with Crippen molar-refractivity contribution in [3.8, 4) is 0 Å². The zero-order chi connectivity index (χ0) is 48.0. The monoisotopic (exact) mass is 1570 g/mol. The second kappa shape index (κ2) is 27.9. The number of nitrogens with zero attached hydrogens (tertiary/aromatic N) is 2. The summed E-state index contributed by atoms with van der Waals surface area (Å²) in [5.41, 5.74) is -0.0288. The van der Waals surface area contributed by atoms with Crippen LogP contribution in [-0.2, 0) is 9.59 Å². The van der Waals surface area contributed by atoms with Crippen molar-refractivity contribution < 1.29 is 79.8 Å². The van der Waals surface area contributed by atoms with Gasteiger partial charge in [-0.15, -0.1) is 0 Å². The summed E-state index contributed by atoms with van der Waals surface area (Å²) in [7, 11) is 1.23. The van der Waals surface area contributed by atoms with Crippen molar-refractivity contribution >= 4 is 177 Å². The van der Waals surface area contributed by atoms with E-state index >= 15 is 0 Å². The number of likely N-dealkylation sites (N-methyl/N-ethyl adjacent to an activating group) is 1. The predicted octanol–water partition coefficient (Wildman–Crippen LogP) is -2.79. The van der Waals surface area contributed by atoms with Gasteiger partial charge in [-0.05, 0) is 148 Å². The molecule has 28 heteroatoms. The highest BCUT2D eigenvalue weighted by atomic mass is 127. The second-order valence-corrected chi connectivity index (χ2v) is 19.8. The third-order valence-corrected chi connectivity index (χ3v) is 14.6. The summed E-state index contributed by atoms with van der Waals surface area (Å²) in [5, 5.41) is 107. The molecule has 0 spiro atoms. The fourth-order valence-electron chi connectivity index (χ4n) is 5.19. The minimum atomic E-state index is -2.07. The first-order chi connectivity index (χ1) is 29.5. The van der Waals surface area contributed by atoms with Crippen LogP contribution in [0.3, 0.4) is 0 Å². The van der Waals surface area contributed by atoms with Crippen molar-refractivity contribution in [2.75, 3.05) is 71.2 Å². The van der Waals surface area contributed by atoms with Crippen LogP contribution in [0.15, 0.2) is 6.07 Å². The molecule has 6 atom stereocenters. The SMILES string of the molecule is CN(C(=O)C(O)C(O)CO)c1c(I)c(C(=O)NCCCNC(=O)c2c(I)cc(I)c(C(=O)N(CNC(=O)C(O)C(O)CO)CC(O)CO)c2I)c(I)c(C(=O)NCC(O)CO)c1I. The van der Waals surface area contributed by atoms with Crippen molar-refractivity contribution in [1.82, 2.24) is 26.2 Å². The molecule has 14 N–H and O–H groups in total. The first-order valence-corrected chi connectivity index (χ1v) is 24.6. The van der Waals surface area contributed by atoms with E-state index < -0.39 is 112 Å². The molecule has 6 unspecified atom stereocenters. The van der Waals surface area contributed by atoms with E-state index in [0.29, 0.717) is 7.14 Å². The van der Waals surface area contributed by atoms with Gasteiger partial charge in [0.25, 0.3) is 35.4 Å². The summed E-state index contributed by atoms with van der Waals surface area (Å²) >= 11 is 10.9. The van der Waals surface area contributed by atoms with Gasteiger partial charge in [0.05, 0.1) is 86.9 Å². The molecule has 0 aliphatic carbocycles. The van der Waals surface area contributed by atoms with Crippen molar-refractivity contribution in [2.45, 2.75) is 43.0 Å². The fourth-order valence-corrected chi connectivity index (χ4v) is 14.4. The van der Waals surface area contributed by atoms with Gasteiger partial charge in [-0.2, -0.15) is 0 Å². The van der Waals surface area contributed by atoms with E-state index in [2.05, 4.69) is 21.3 Å². The Balaban J connectivity index is 2.36. The van der Waals surface area contributed by atoms with Gasteiger partial charge in [0.1, 0.15) is 12.2 Å². The average Bonchev–Trinajstić information content (AvgIpc) is 3.24. The molecule has 22 nitrogen and oxygen atoms in total. The van der Waals surface area contributed by atoms with Gasteiger partial charge in [-0.25, -0.2) is 0 Å². The van der Waals surface area contributed by atoms with E-state index in [1.54, 1.807) is 96.4 Å². The van der Waals surface area contributed by atoms with Crippen LogP contribution in [-0.4, -0.2) is 194 Å². The van der Waals surface area contributed by atoms with E-state index in [-0.39, 0.29) is 68.3 Å². The minimum Gasteiger partial charge on any atom is -0.394 e. The molecule has 0 aliphatic rings. The third kappa shape index (κ3) is 15.6. The maximum Gasteiger partial charge on any atom is 0.258 e.